The van der Waals surface area contributed by atoms with E-state index >= 15 is 0 Å². The van der Waals surface area contributed by atoms with Crippen molar-refractivity contribution in [2.24, 2.45) is 10.4 Å². The Morgan fingerprint density at radius 3 is 2.75 bits per heavy atom. The van der Waals surface area contributed by atoms with Gasteiger partial charge in [-0.3, -0.25) is 9.79 Å². The molecule has 1 saturated carbocycles. The Balaban J connectivity index is 2.73. The average molecular weight is 167 g/mol. The number of aliphatic imine (C=N–C) groups is 1. The van der Waals surface area contributed by atoms with Crippen molar-refractivity contribution >= 4 is 11.5 Å². The molecule has 0 bridgehead atoms. The summed E-state index contributed by atoms with van der Waals surface area (Å²) in [5.74, 6) is 0.260. The molecule has 0 saturated heterocycles. The summed E-state index contributed by atoms with van der Waals surface area (Å²) < 4.78 is 0. The van der Waals surface area contributed by atoms with Gasteiger partial charge in [-0.2, -0.15) is 0 Å². The highest BCUT2D eigenvalue weighted by Gasteiger charge is 2.29. The maximum atomic E-state index is 11.3. The fourth-order valence-electron chi connectivity index (χ4n) is 1.57. The maximum absolute atomic E-state index is 11.3. The molecule has 1 aliphatic rings. The third kappa shape index (κ3) is 2.16. The zero-order chi connectivity index (χ0) is 9.19. The van der Waals surface area contributed by atoms with Gasteiger partial charge >= 0.3 is 0 Å². The number of rotatable bonds is 1. The lowest BCUT2D eigenvalue weighted by Crippen LogP contribution is -2.30. The van der Waals surface area contributed by atoms with E-state index in [1.54, 1.807) is 0 Å². The highest BCUT2D eigenvalue weighted by Crippen LogP contribution is 2.32. The molecular formula is C10H17NO. The first-order valence-corrected chi connectivity index (χ1v) is 4.62. The van der Waals surface area contributed by atoms with E-state index in [0.29, 0.717) is 6.42 Å². The van der Waals surface area contributed by atoms with Crippen molar-refractivity contribution in [3.05, 3.63) is 0 Å². The van der Waals surface area contributed by atoms with Crippen LogP contribution in [-0.4, -0.2) is 18.0 Å². The summed E-state index contributed by atoms with van der Waals surface area (Å²) in [5, 5.41) is 0. The second kappa shape index (κ2) is 3.38. The minimum atomic E-state index is 0.260. The molecule has 0 aliphatic heterocycles. The van der Waals surface area contributed by atoms with E-state index in [1.807, 2.05) is 6.92 Å². The van der Waals surface area contributed by atoms with Crippen molar-refractivity contribution < 1.29 is 4.79 Å². The Labute approximate surface area is 74.1 Å². The van der Waals surface area contributed by atoms with E-state index in [-0.39, 0.29) is 11.2 Å². The van der Waals surface area contributed by atoms with Crippen molar-refractivity contribution in [2.45, 2.75) is 40.0 Å². The molecule has 0 N–H and O–H groups in total. The molecule has 2 nitrogen and oxygen atoms in total. The molecule has 0 atom stereocenters. The first-order chi connectivity index (χ1) is 5.55. The lowest BCUT2D eigenvalue weighted by Gasteiger charge is -2.29. The predicted molar refractivity (Wildman–Crippen MR) is 50.6 cm³/mol. The van der Waals surface area contributed by atoms with Crippen LogP contribution >= 0.6 is 0 Å². The Morgan fingerprint density at radius 1 is 1.50 bits per heavy atom. The lowest BCUT2D eigenvalue weighted by molar-refractivity contribution is -0.114. The van der Waals surface area contributed by atoms with E-state index in [4.69, 9.17) is 0 Å². The first kappa shape index (κ1) is 9.43. The zero-order valence-electron chi connectivity index (χ0n) is 8.18. The third-order valence-electron chi connectivity index (χ3n) is 2.35. The van der Waals surface area contributed by atoms with Gasteiger partial charge in [0, 0.05) is 13.0 Å². The summed E-state index contributed by atoms with van der Waals surface area (Å²) in [6.07, 6.45) is 2.56. The molecule has 0 heterocycles. The molecule has 0 aromatic rings. The minimum Gasteiger partial charge on any atom is -0.293 e. The molecule has 0 aromatic heterocycles. The Morgan fingerprint density at radius 2 is 2.17 bits per heavy atom. The van der Waals surface area contributed by atoms with Gasteiger partial charge in [-0.05, 0) is 25.2 Å². The van der Waals surface area contributed by atoms with E-state index < -0.39 is 0 Å². The highest BCUT2D eigenvalue weighted by molar-refractivity contribution is 6.40. The Bertz CT molecular complexity index is 216. The number of carbonyl (C=O) groups excluding carboxylic acids is 1. The number of Topliss-reactive ketones (excluding diaryl/α,β-unsaturated/α-hetero) is 1. The van der Waals surface area contributed by atoms with Crippen LogP contribution in [0, 0.1) is 5.41 Å². The van der Waals surface area contributed by atoms with Crippen LogP contribution in [-0.2, 0) is 4.79 Å². The van der Waals surface area contributed by atoms with Crippen LogP contribution in [0.5, 0.6) is 0 Å². The summed E-state index contributed by atoms with van der Waals surface area (Å²) in [7, 11) is 0. The van der Waals surface area contributed by atoms with Crippen molar-refractivity contribution in [2.75, 3.05) is 6.54 Å². The first-order valence-electron chi connectivity index (χ1n) is 4.62. The van der Waals surface area contributed by atoms with Gasteiger partial charge in [-0.1, -0.05) is 13.8 Å². The summed E-state index contributed by atoms with van der Waals surface area (Å²) in [5.41, 5.74) is 1.09. The highest BCUT2D eigenvalue weighted by atomic mass is 16.1. The molecule has 12 heavy (non-hydrogen) atoms. The van der Waals surface area contributed by atoms with Crippen LogP contribution in [0.15, 0.2) is 4.99 Å². The van der Waals surface area contributed by atoms with Crippen LogP contribution in [0.2, 0.25) is 0 Å². The van der Waals surface area contributed by atoms with Crippen LogP contribution in [0.3, 0.4) is 0 Å². The number of carbonyl (C=O) groups is 1. The summed E-state index contributed by atoms with van der Waals surface area (Å²) in [4.78, 5) is 15.6. The maximum Gasteiger partial charge on any atom is 0.176 e. The molecular weight excluding hydrogens is 150 g/mol. The molecule has 0 amide bonds. The predicted octanol–water partition coefficient (Wildman–Crippen LogP) is 2.23. The van der Waals surface area contributed by atoms with Gasteiger partial charge in [0.15, 0.2) is 5.78 Å². The van der Waals surface area contributed by atoms with Crippen molar-refractivity contribution in [1.82, 2.24) is 0 Å². The lowest BCUT2D eigenvalue weighted by atomic mass is 9.76. The molecule has 0 spiro atoms. The molecule has 0 aromatic carbocycles. The SMILES string of the molecule is CCN=C1CC(C)(C)CCC1=O. The van der Waals surface area contributed by atoms with E-state index in [9.17, 15) is 4.79 Å². The second-order valence-corrected chi connectivity index (χ2v) is 4.19. The third-order valence-corrected chi connectivity index (χ3v) is 2.35. The number of nitrogens with zero attached hydrogens (tertiary/aromatic N) is 1. The zero-order valence-corrected chi connectivity index (χ0v) is 8.18. The Hall–Kier alpha value is -0.660. The van der Waals surface area contributed by atoms with Gasteiger partial charge in [0.05, 0.1) is 5.71 Å². The van der Waals surface area contributed by atoms with Gasteiger partial charge in [0.1, 0.15) is 0 Å². The molecule has 0 radical (unpaired) electrons. The Kier molecular flexibility index (Phi) is 2.65. The topological polar surface area (TPSA) is 29.4 Å². The number of ketones is 1. The molecule has 1 fully saturated rings. The van der Waals surface area contributed by atoms with E-state index in [1.165, 1.54) is 0 Å². The number of hydrogen-bond acceptors (Lipinski definition) is 2. The van der Waals surface area contributed by atoms with Gasteiger partial charge in [-0.15, -0.1) is 0 Å². The van der Waals surface area contributed by atoms with Crippen molar-refractivity contribution in [3.63, 3.8) is 0 Å². The van der Waals surface area contributed by atoms with Crippen LogP contribution in [0.25, 0.3) is 0 Å². The fourth-order valence-corrected chi connectivity index (χ4v) is 1.57. The minimum absolute atomic E-state index is 0.260. The second-order valence-electron chi connectivity index (χ2n) is 4.19. The largest absolute Gasteiger partial charge is 0.293 e. The van der Waals surface area contributed by atoms with Crippen LogP contribution in [0.4, 0.5) is 0 Å². The molecule has 0 unspecified atom stereocenters. The monoisotopic (exact) mass is 167 g/mol. The summed E-state index contributed by atoms with van der Waals surface area (Å²) in [6, 6.07) is 0. The van der Waals surface area contributed by atoms with E-state index in [0.717, 1.165) is 25.1 Å². The van der Waals surface area contributed by atoms with Crippen LogP contribution < -0.4 is 0 Å². The summed E-state index contributed by atoms with van der Waals surface area (Å²) >= 11 is 0. The smallest absolute Gasteiger partial charge is 0.176 e. The molecule has 1 rings (SSSR count). The molecule has 1 aliphatic carbocycles. The van der Waals surface area contributed by atoms with Crippen LogP contribution in [0.1, 0.15) is 40.0 Å². The summed E-state index contributed by atoms with van der Waals surface area (Å²) in [6.45, 7) is 7.11. The van der Waals surface area contributed by atoms with Gasteiger partial charge in [-0.25, -0.2) is 0 Å². The van der Waals surface area contributed by atoms with E-state index in [2.05, 4.69) is 18.8 Å². The normalized spacial score (nSPS) is 26.2. The average Bonchev–Trinajstić information content (AvgIpc) is 1.97. The van der Waals surface area contributed by atoms with Crippen molar-refractivity contribution in [3.8, 4) is 0 Å². The number of hydrogen-bond donors (Lipinski definition) is 0. The molecule has 2 heteroatoms. The van der Waals surface area contributed by atoms with Gasteiger partial charge in [0.2, 0.25) is 0 Å². The van der Waals surface area contributed by atoms with Gasteiger partial charge in [0.25, 0.3) is 0 Å². The standard InChI is InChI=1S/C10H17NO/c1-4-11-8-7-10(2,3)6-5-9(8)12/h4-7H2,1-3H3. The van der Waals surface area contributed by atoms with Crippen molar-refractivity contribution in [1.29, 1.82) is 0 Å². The van der Waals surface area contributed by atoms with Gasteiger partial charge < -0.3 is 0 Å². The molecule has 68 valence electrons. The fraction of sp³-hybridized carbons (Fsp3) is 0.800. The quantitative estimate of drug-likeness (QED) is 0.589.